The lowest BCUT2D eigenvalue weighted by Gasteiger charge is -2.06. The Morgan fingerprint density at radius 1 is 1.36 bits per heavy atom. The molecule has 0 bridgehead atoms. The molecule has 1 heterocycles. The minimum atomic E-state index is 0.939. The van der Waals surface area contributed by atoms with Crippen LogP contribution in [0.25, 0.3) is 0 Å². The van der Waals surface area contributed by atoms with Gasteiger partial charge in [-0.25, -0.2) is 0 Å². The molecule has 14 heavy (non-hydrogen) atoms. The van der Waals surface area contributed by atoms with E-state index < -0.39 is 0 Å². The Morgan fingerprint density at radius 3 is 2.79 bits per heavy atom. The fourth-order valence-electron chi connectivity index (χ4n) is 1.54. The molecule has 1 aromatic heterocycles. The summed E-state index contributed by atoms with van der Waals surface area (Å²) in [6.07, 6.45) is 2.32. The van der Waals surface area contributed by atoms with Gasteiger partial charge in [0.1, 0.15) is 0 Å². The molecule has 0 aromatic carbocycles. The number of hydrogen-bond donors (Lipinski definition) is 1. The maximum atomic E-state index is 4.46. The van der Waals surface area contributed by atoms with Crippen molar-refractivity contribution in [3.05, 3.63) is 17.5 Å². The van der Waals surface area contributed by atoms with E-state index in [0.29, 0.717) is 0 Å². The van der Waals surface area contributed by atoms with Crippen LogP contribution in [0, 0.1) is 6.92 Å². The third-order valence-corrected chi connectivity index (χ3v) is 2.15. The zero-order valence-corrected chi connectivity index (χ0v) is 9.51. The molecule has 0 aliphatic carbocycles. The van der Waals surface area contributed by atoms with Crippen LogP contribution in [0.2, 0.25) is 0 Å². The third-order valence-electron chi connectivity index (χ3n) is 2.15. The molecule has 1 N–H and O–H groups in total. The second-order valence-corrected chi connectivity index (χ2v) is 3.68. The van der Waals surface area contributed by atoms with Crippen LogP contribution in [-0.4, -0.2) is 16.3 Å². The Morgan fingerprint density at radius 2 is 2.14 bits per heavy atom. The van der Waals surface area contributed by atoms with Crippen LogP contribution >= 0.6 is 0 Å². The fraction of sp³-hybridized carbons (Fsp3) is 0.727. The summed E-state index contributed by atoms with van der Waals surface area (Å²) in [5.41, 5.74) is 2.42. The molecule has 0 saturated heterocycles. The minimum absolute atomic E-state index is 0.939. The molecule has 1 aromatic rings. The minimum Gasteiger partial charge on any atom is -0.311 e. The normalized spacial score (nSPS) is 10.8. The van der Waals surface area contributed by atoms with Gasteiger partial charge in [0.15, 0.2) is 0 Å². The highest BCUT2D eigenvalue weighted by Crippen LogP contribution is 2.04. The molecule has 3 heteroatoms. The molecule has 0 aliphatic heterocycles. The van der Waals surface area contributed by atoms with Gasteiger partial charge in [-0.2, -0.15) is 5.10 Å². The SMILES string of the molecule is CCCNCc1cc(C)nn1CCC. The summed E-state index contributed by atoms with van der Waals surface area (Å²) in [6, 6.07) is 2.16. The van der Waals surface area contributed by atoms with Crippen LogP contribution < -0.4 is 5.32 Å². The molecule has 0 amide bonds. The molecule has 0 aliphatic rings. The summed E-state index contributed by atoms with van der Waals surface area (Å²) in [5.74, 6) is 0. The monoisotopic (exact) mass is 195 g/mol. The summed E-state index contributed by atoms with van der Waals surface area (Å²) >= 11 is 0. The van der Waals surface area contributed by atoms with Gasteiger partial charge in [-0.15, -0.1) is 0 Å². The summed E-state index contributed by atoms with van der Waals surface area (Å²) < 4.78 is 2.11. The molecule has 0 spiro atoms. The van der Waals surface area contributed by atoms with Gasteiger partial charge in [0.25, 0.3) is 0 Å². The molecule has 3 nitrogen and oxygen atoms in total. The Bertz CT molecular complexity index is 265. The van der Waals surface area contributed by atoms with Crippen LogP contribution in [0.5, 0.6) is 0 Å². The predicted octanol–water partition coefficient (Wildman–Crippen LogP) is 2.10. The maximum Gasteiger partial charge on any atom is 0.0597 e. The summed E-state index contributed by atoms with van der Waals surface area (Å²) in [5, 5.41) is 7.86. The molecule has 1 rings (SSSR count). The van der Waals surface area contributed by atoms with Crippen molar-refractivity contribution in [3.63, 3.8) is 0 Å². The van der Waals surface area contributed by atoms with Gasteiger partial charge < -0.3 is 5.32 Å². The first kappa shape index (κ1) is 11.2. The Hall–Kier alpha value is -0.830. The highest BCUT2D eigenvalue weighted by atomic mass is 15.3. The number of nitrogens with one attached hydrogen (secondary N) is 1. The number of hydrogen-bond acceptors (Lipinski definition) is 2. The molecule has 0 radical (unpaired) electrons. The first-order valence-electron chi connectivity index (χ1n) is 5.52. The van der Waals surface area contributed by atoms with E-state index in [1.54, 1.807) is 0 Å². The predicted molar refractivity (Wildman–Crippen MR) is 59.3 cm³/mol. The van der Waals surface area contributed by atoms with E-state index in [4.69, 9.17) is 0 Å². The van der Waals surface area contributed by atoms with Gasteiger partial charge in [0.2, 0.25) is 0 Å². The molecule has 80 valence electrons. The average molecular weight is 195 g/mol. The van der Waals surface area contributed by atoms with Crippen molar-refractivity contribution in [1.29, 1.82) is 0 Å². The number of rotatable bonds is 6. The van der Waals surface area contributed by atoms with E-state index >= 15 is 0 Å². The Labute approximate surface area is 86.5 Å². The van der Waals surface area contributed by atoms with Crippen molar-refractivity contribution in [2.75, 3.05) is 6.54 Å². The van der Waals surface area contributed by atoms with E-state index in [9.17, 15) is 0 Å². The maximum absolute atomic E-state index is 4.46. The molecular weight excluding hydrogens is 174 g/mol. The second kappa shape index (κ2) is 5.81. The lowest BCUT2D eigenvalue weighted by atomic mass is 10.3. The van der Waals surface area contributed by atoms with Crippen LogP contribution in [0.15, 0.2) is 6.07 Å². The van der Waals surface area contributed by atoms with Crippen LogP contribution in [-0.2, 0) is 13.1 Å². The smallest absolute Gasteiger partial charge is 0.0597 e. The van der Waals surface area contributed by atoms with E-state index in [0.717, 1.165) is 31.7 Å². The van der Waals surface area contributed by atoms with Crippen molar-refractivity contribution in [3.8, 4) is 0 Å². The van der Waals surface area contributed by atoms with E-state index in [2.05, 4.69) is 41.9 Å². The van der Waals surface area contributed by atoms with Crippen molar-refractivity contribution < 1.29 is 0 Å². The second-order valence-electron chi connectivity index (χ2n) is 3.68. The molecule has 0 fully saturated rings. The number of nitrogens with zero attached hydrogens (tertiary/aromatic N) is 2. The molecule has 0 unspecified atom stereocenters. The zero-order chi connectivity index (χ0) is 10.4. The largest absolute Gasteiger partial charge is 0.311 e. The lowest BCUT2D eigenvalue weighted by molar-refractivity contribution is 0.546. The average Bonchev–Trinajstić information content (AvgIpc) is 2.48. The van der Waals surface area contributed by atoms with Gasteiger partial charge in [-0.05, 0) is 32.4 Å². The van der Waals surface area contributed by atoms with Gasteiger partial charge in [-0.1, -0.05) is 13.8 Å². The molecule has 0 atom stereocenters. The van der Waals surface area contributed by atoms with Crippen molar-refractivity contribution >= 4 is 0 Å². The van der Waals surface area contributed by atoms with E-state index in [-0.39, 0.29) is 0 Å². The van der Waals surface area contributed by atoms with E-state index in [1.165, 1.54) is 12.1 Å². The first-order chi connectivity index (χ1) is 6.77. The zero-order valence-electron chi connectivity index (χ0n) is 9.51. The highest BCUT2D eigenvalue weighted by molar-refractivity contribution is 5.08. The fourth-order valence-corrected chi connectivity index (χ4v) is 1.54. The third kappa shape index (κ3) is 3.14. The van der Waals surface area contributed by atoms with Crippen molar-refractivity contribution in [1.82, 2.24) is 15.1 Å². The van der Waals surface area contributed by atoms with Crippen LogP contribution in [0.3, 0.4) is 0 Å². The van der Waals surface area contributed by atoms with Gasteiger partial charge in [0.05, 0.1) is 11.4 Å². The summed E-state index contributed by atoms with van der Waals surface area (Å²) in [6.45, 7) is 9.46. The number of aromatic nitrogens is 2. The molecule has 0 saturated carbocycles. The van der Waals surface area contributed by atoms with Gasteiger partial charge in [0, 0.05) is 13.1 Å². The highest BCUT2D eigenvalue weighted by Gasteiger charge is 2.03. The topological polar surface area (TPSA) is 29.9 Å². The Balaban J connectivity index is 2.54. The van der Waals surface area contributed by atoms with E-state index in [1.807, 2.05) is 0 Å². The first-order valence-corrected chi connectivity index (χ1v) is 5.52. The quantitative estimate of drug-likeness (QED) is 0.704. The Kier molecular flexibility index (Phi) is 4.66. The van der Waals surface area contributed by atoms with Crippen LogP contribution in [0.1, 0.15) is 38.1 Å². The summed E-state index contributed by atoms with van der Waals surface area (Å²) in [7, 11) is 0. The van der Waals surface area contributed by atoms with Crippen molar-refractivity contribution in [2.24, 2.45) is 0 Å². The van der Waals surface area contributed by atoms with Gasteiger partial charge >= 0.3 is 0 Å². The van der Waals surface area contributed by atoms with Crippen molar-refractivity contribution in [2.45, 2.75) is 46.7 Å². The van der Waals surface area contributed by atoms with Crippen LogP contribution in [0.4, 0.5) is 0 Å². The molecular formula is C11H21N3. The van der Waals surface area contributed by atoms with Gasteiger partial charge in [-0.3, -0.25) is 4.68 Å². The summed E-state index contributed by atoms with van der Waals surface area (Å²) in [4.78, 5) is 0. The lowest BCUT2D eigenvalue weighted by Crippen LogP contribution is -2.17. The standard InChI is InChI=1S/C11H21N3/c1-4-6-12-9-11-8-10(3)13-14(11)7-5-2/h8,12H,4-7,9H2,1-3H3. The number of aryl methyl sites for hydroxylation is 2.